The number of aromatic nitrogens is 2. The van der Waals surface area contributed by atoms with Crippen molar-refractivity contribution in [2.24, 2.45) is 12.5 Å². The molecule has 0 aromatic carbocycles. The van der Waals surface area contributed by atoms with Crippen molar-refractivity contribution in [3.63, 3.8) is 0 Å². The molecule has 16 heavy (non-hydrogen) atoms. The molecule has 1 rings (SSSR count). The van der Waals surface area contributed by atoms with E-state index in [9.17, 15) is 10.1 Å². The highest BCUT2D eigenvalue weighted by molar-refractivity contribution is 5.52. The number of aryl methyl sites for hydroxylation is 1. The zero-order valence-corrected chi connectivity index (χ0v) is 9.60. The fraction of sp³-hybridized carbons (Fsp3) is 0.667. The molecule has 2 N–H and O–H groups in total. The summed E-state index contributed by atoms with van der Waals surface area (Å²) in [5.41, 5.74) is -0.335. The summed E-state index contributed by atoms with van der Waals surface area (Å²) in [5.74, 6) is 0.155. The number of hydrogen-bond donors (Lipinski definition) is 2. The van der Waals surface area contributed by atoms with Crippen LogP contribution in [0.5, 0.6) is 0 Å². The summed E-state index contributed by atoms with van der Waals surface area (Å²) in [6.07, 6.45) is 1.38. The number of aliphatic hydroxyl groups is 1. The smallest absolute Gasteiger partial charge is 0.396 e. The highest BCUT2D eigenvalue weighted by atomic mass is 16.6. The van der Waals surface area contributed by atoms with Gasteiger partial charge in [0, 0.05) is 25.6 Å². The molecule has 1 aromatic heterocycles. The summed E-state index contributed by atoms with van der Waals surface area (Å²) in [6.45, 7) is 4.17. The highest BCUT2D eigenvalue weighted by Gasteiger charge is 2.23. The van der Waals surface area contributed by atoms with E-state index in [0.717, 1.165) is 0 Å². The number of nitrogens with zero attached hydrogens (tertiary/aromatic N) is 3. The van der Waals surface area contributed by atoms with Crippen LogP contribution in [0.15, 0.2) is 6.33 Å². The predicted octanol–water partition coefficient (Wildman–Crippen LogP) is 0.759. The fourth-order valence-corrected chi connectivity index (χ4v) is 1.13. The molecule has 0 saturated carbocycles. The zero-order valence-electron chi connectivity index (χ0n) is 9.60. The Balaban J connectivity index is 2.81. The minimum Gasteiger partial charge on any atom is -0.396 e. The van der Waals surface area contributed by atoms with E-state index in [1.807, 2.05) is 13.8 Å². The number of nitro groups is 1. The van der Waals surface area contributed by atoms with Gasteiger partial charge in [0.25, 0.3) is 0 Å². The second-order valence-corrected chi connectivity index (χ2v) is 4.46. The van der Waals surface area contributed by atoms with Crippen LogP contribution in [0.2, 0.25) is 0 Å². The number of aliphatic hydroxyl groups excluding tert-OH is 1. The van der Waals surface area contributed by atoms with Gasteiger partial charge in [0.1, 0.15) is 0 Å². The molecular weight excluding hydrogens is 212 g/mol. The Morgan fingerprint density at radius 1 is 1.69 bits per heavy atom. The SMILES string of the molecule is Cn1cnc([N+](=O)[O-])c1NCC(C)(C)CO. The summed E-state index contributed by atoms with van der Waals surface area (Å²) in [5, 5.41) is 22.7. The number of hydrogen-bond acceptors (Lipinski definition) is 5. The van der Waals surface area contributed by atoms with E-state index in [4.69, 9.17) is 5.11 Å². The molecule has 0 saturated heterocycles. The van der Waals surface area contributed by atoms with Gasteiger partial charge < -0.3 is 20.5 Å². The van der Waals surface area contributed by atoms with Crippen LogP contribution < -0.4 is 5.32 Å². The topological polar surface area (TPSA) is 93.2 Å². The lowest BCUT2D eigenvalue weighted by atomic mass is 9.95. The first kappa shape index (κ1) is 12.4. The van der Waals surface area contributed by atoms with E-state index >= 15 is 0 Å². The Hall–Kier alpha value is -1.63. The average molecular weight is 228 g/mol. The lowest BCUT2D eigenvalue weighted by Crippen LogP contribution is -2.27. The highest BCUT2D eigenvalue weighted by Crippen LogP contribution is 2.23. The van der Waals surface area contributed by atoms with Crippen LogP contribution in [-0.4, -0.2) is 32.7 Å². The molecule has 0 bridgehead atoms. The van der Waals surface area contributed by atoms with Crippen LogP contribution in [0.1, 0.15) is 13.8 Å². The lowest BCUT2D eigenvalue weighted by molar-refractivity contribution is -0.388. The summed E-state index contributed by atoms with van der Waals surface area (Å²) in [6, 6.07) is 0. The summed E-state index contributed by atoms with van der Waals surface area (Å²) in [4.78, 5) is 13.8. The Bertz CT molecular complexity index is 386. The molecule has 90 valence electrons. The largest absolute Gasteiger partial charge is 0.406 e. The van der Waals surface area contributed by atoms with Gasteiger partial charge in [-0.05, 0) is 9.91 Å². The molecule has 0 aliphatic carbocycles. The number of nitrogens with one attached hydrogen (secondary N) is 1. The Morgan fingerprint density at radius 3 is 2.81 bits per heavy atom. The average Bonchev–Trinajstić information content (AvgIpc) is 2.57. The Labute approximate surface area is 93.3 Å². The van der Waals surface area contributed by atoms with Gasteiger partial charge in [-0.15, -0.1) is 0 Å². The molecular formula is C9H16N4O3. The molecule has 0 aliphatic rings. The van der Waals surface area contributed by atoms with Crippen molar-refractivity contribution in [2.45, 2.75) is 13.8 Å². The minimum absolute atomic E-state index is 0.00560. The fourth-order valence-electron chi connectivity index (χ4n) is 1.13. The standard InChI is InChI=1S/C9H16N4O3/c1-9(2,5-14)4-10-7-8(13(15)16)11-6-12(7)3/h6,10,14H,4-5H2,1-3H3. The van der Waals surface area contributed by atoms with Gasteiger partial charge in [0.05, 0.1) is 0 Å². The zero-order chi connectivity index (χ0) is 12.3. The molecule has 0 atom stereocenters. The van der Waals surface area contributed by atoms with Crippen LogP contribution in [0.4, 0.5) is 11.6 Å². The van der Waals surface area contributed by atoms with E-state index < -0.39 is 4.92 Å². The van der Waals surface area contributed by atoms with Crippen molar-refractivity contribution in [1.29, 1.82) is 0 Å². The van der Waals surface area contributed by atoms with Crippen molar-refractivity contribution >= 4 is 11.6 Å². The normalized spacial score (nSPS) is 11.5. The quantitative estimate of drug-likeness (QED) is 0.573. The van der Waals surface area contributed by atoms with Crippen LogP contribution in [-0.2, 0) is 7.05 Å². The van der Waals surface area contributed by atoms with Gasteiger partial charge in [-0.2, -0.15) is 0 Å². The number of imidazole rings is 1. The first-order chi connectivity index (χ1) is 7.37. The molecule has 7 heteroatoms. The van der Waals surface area contributed by atoms with Gasteiger partial charge >= 0.3 is 5.82 Å². The predicted molar refractivity (Wildman–Crippen MR) is 59.2 cm³/mol. The van der Waals surface area contributed by atoms with Crippen molar-refractivity contribution in [3.8, 4) is 0 Å². The van der Waals surface area contributed by atoms with Crippen molar-refractivity contribution < 1.29 is 10.0 Å². The second-order valence-electron chi connectivity index (χ2n) is 4.46. The number of anilines is 1. The summed E-state index contributed by atoms with van der Waals surface area (Å²) >= 11 is 0. The van der Waals surface area contributed by atoms with Crippen LogP contribution in [0.3, 0.4) is 0 Å². The molecule has 1 aromatic rings. The summed E-state index contributed by atoms with van der Waals surface area (Å²) in [7, 11) is 1.67. The Kier molecular flexibility index (Phi) is 3.48. The van der Waals surface area contributed by atoms with Crippen LogP contribution >= 0.6 is 0 Å². The molecule has 1 heterocycles. The maximum atomic E-state index is 10.7. The van der Waals surface area contributed by atoms with Gasteiger partial charge in [-0.1, -0.05) is 13.8 Å². The third kappa shape index (κ3) is 2.69. The van der Waals surface area contributed by atoms with Crippen molar-refractivity contribution in [3.05, 3.63) is 16.4 Å². The van der Waals surface area contributed by atoms with Gasteiger partial charge in [0.2, 0.25) is 12.1 Å². The van der Waals surface area contributed by atoms with Crippen molar-refractivity contribution in [1.82, 2.24) is 9.55 Å². The number of rotatable bonds is 5. The van der Waals surface area contributed by atoms with Gasteiger partial charge in [-0.25, -0.2) is 0 Å². The van der Waals surface area contributed by atoms with Crippen LogP contribution in [0, 0.1) is 15.5 Å². The van der Waals surface area contributed by atoms with Gasteiger partial charge in [-0.3, -0.25) is 4.57 Å². The van der Waals surface area contributed by atoms with E-state index in [1.54, 1.807) is 11.6 Å². The van der Waals surface area contributed by atoms with Gasteiger partial charge in [0.15, 0.2) is 0 Å². The molecule has 0 radical (unpaired) electrons. The molecule has 0 aliphatic heterocycles. The van der Waals surface area contributed by atoms with Crippen LogP contribution in [0.25, 0.3) is 0 Å². The molecule has 0 fully saturated rings. The molecule has 7 nitrogen and oxygen atoms in total. The third-order valence-corrected chi connectivity index (χ3v) is 2.25. The second kappa shape index (κ2) is 4.48. The van der Waals surface area contributed by atoms with E-state index in [0.29, 0.717) is 12.4 Å². The maximum absolute atomic E-state index is 10.7. The maximum Gasteiger partial charge on any atom is 0.406 e. The van der Waals surface area contributed by atoms with E-state index in [2.05, 4.69) is 10.3 Å². The monoisotopic (exact) mass is 228 g/mol. The molecule has 0 unspecified atom stereocenters. The van der Waals surface area contributed by atoms with Crippen molar-refractivity contribution in [2.75, 3.05) is 18.5 Å². The molecule has 0 amide bonds. The first-order valence-electron chi connectivity index (χ1n) is 4.88. The molecule has 0 spiro atoms. The third-order valence-electron chi connectivity index (χ3n) is 2.25. The Morgan fingerprint density at radius 2 is 2.31 bits per heavy atom. The lowest BCUT2D eigenvalue weighted by Gasteiger charge is -2.22. The van der Waals surface area contributed by atoms with E-state index in [1.165, 1.54) is 6.33 Å². The first-order valence-corrected chi connectivity index (χ1v) is 4.88. The van der Waals surface area contributed by atoms with E-state index in [-0.39, 0.29) is 17.8 Å². The summed E-state index contributed by atoms with van der Waals surface area (Å²) < 4.78 is 1.55. The minimum atomic E-state index is -0.533.